The van der Waals surface area contributed by atoms with Crippen LogP contribution >= 0.6 is 0 Å². The Bertz CT molecular complexity index is 613. The van der Waals surface area contributed by atoms with Gasteiger partial charge in [0.15, 0.2) is 0 Å². The number of carbonyl (C=O) groups is 2. The molecule has 2 aliphatic carbocycles. The first-order valence-electron chi connectivity index (χ1n) is 7.67. The van der Waals surface area contributed by atoms with Gasteiger partial charge in [0.1, 0.15) is 5.75 Å². The van der Waals surface area contributed by atoms with E-state index in [1.165, 1.54) is 0 Å². The van der Waals surface area contributed by atoms with E-state index < -0.39 is 17.8 Å². The van der Waals surface area contributed by atoms with Crippen LogP contribution in [-0.4, -0.2) is 19.0 Å². The topological polar surface area (TPSA) is 78.5 Å². The number of aliphatic carboxylic acids is 1. The van der Waals surface area contributed by atoms with Crippen LogP contribution in [0.3, 0.4) is 0 Å². The van der Waals surface area contributed by atoms with E-state index in [2.05, 4.69) is 5.32 Å². The Hall–Kier alpha value is -2.04. The Morgan fingerprint density at radius 1 is 1.23 bits per heavy atom. The second-order valence-corrected chi connectivity index (χ2v) is 6.40. The van der Waals surface area contributed by atoms with E-state index in [4.69, 9.17) is 4.74 Å². The molecule has 2 saturated carbocycles. The van der Waals surface area contributed by atoms with Crippen molar-refractivity contribution in [1.29, 1.82) is 0 Å². The number of carboxylic acids is 1. The number of carboxylic acid groups (broad SMARTS) is 1. The average Bonchev–Trinajstić information content (AvgIpc) is 3.08. The van der Waals surface area contributed by atoms with Gasteiger partial charge in [-0.25, -0.2) is 0 Å². The maximum absolute atomic E-state index is 12.6. The fraction of sp³-hybridized carbons (Fsp3) is 0.529. The third-order valence-electron chi connectivity index (χ3n) is 5.10. The molecule has 3 rings (SSSR count). The highest BCUT2D eigenvalue weighted by Gasteiger charge is 2.51. The van der Waals surface area contributed by atoms with Gasteiger partial charge < -0.3 is 20.0 Å². The van der Waals surface area contributed by atoms with Crippen molar-refractivity contribution in [2.75, 3.05) is 12.4 Å². The molecule has 0 unspecified atom stereocenters. The largest absolute Gasteiger partial charge is 0.550 e. The van der Waals surface area contributed by atoms with Crippen molar-refractivity contribution in [1.82, 2.24) is 0 Å². The lowest BCUT2D eigenvalue weighted by molar-refractivity contribution is -0.314. The zero-order valence-corrected chi connectivity index (χ0v) is 12.8. The van der Waals surface area contributed by atoms with Crippen molar-refractivity contribution in [2.24, 2.45) is 23.7 Å². The van der Waals surface area contributed by atoms with Crippen LogP contribution < -0.4 is 15.2 Å². The molecular formula is C17H20NO4-. The van der Waals surface area contributed by atoms with Gasteiger partial charge in [0, 0.05) is 17.8 Å². The molecule has 118 valence electrons. The molecule has 0 radical (unpaired) electrons. The molecule has 0 spiro atoms. The molecule has 0 heterocycles. The molecule has 0 aliphatic heterocycles. The minimum absolute atomic E-state index is 0.0881. The highest BCUT2D eigenvalue weighted by Crippen LogP contribution is 2.52. The number of ether oxygens (including phenoxy) is 1. The summed E-state index contributed by atoms with van der Waals surface area (Å²) in [6.45, 7) is 1.93. The van der Waals surface area contributed by atoms with E-state index in [1.54, 1.807) is 13.2 Å². The summed E-state index contributed by atoms with van der Waals surface area (Å²) in [5, 5.41) is 14.3. The lowest BCUT2D eigenvalue weighted by Crippen LogP contribution is -2.44. The van der Waals surface area contributed by atoms with E-state index in [1.807, 2.05) is 19.1 Å². The number of methoxy groups -OCH3 is 1. The molecular weight excluding hydrogens is 282 g/mol. The summed E-state index contributed by atoms with van der Waals surface area (Å²) >= 11 is 0. The minimum Gasteiger partial charge on any atom is -0.550 e. The molecule has 5 nitrogen and oxygen atoms in total. The minimum atomic E-state index is -1.09. The SMILES string of the molecule is COc1ccc(C)cc1NC(=O)[C@H]1[C@H]2CC[C@@H](C2)[C@@H]1C(=O)[O-]. The van der Waals surface area contributed by atoms with Crippen LogP contribution in [0.25, 0.3) is 0 Å². The van der Waals surface area contributed by atoms with Crippen LogP contribution in [0, 0.1) is 30.6 Å². The van der Waals surface area contributed by atoms with E-state index in [0.29, 0.717) is 11.4 Å². The fourth-order valence-corrected chi connectivity index (χ4v) is 4.14. The molecule has 2 fully saturated rings. The van der Waals surface area contributed by atoms with Crippen LogP contribution in [0.1, 0.15) is 24.8 Å². The molecule has 1 N–H and O–H groups in total. The summed E-state index contributed by atoms with van der Waals surface area (Å²) in [6.07, 6.45) is 2.64. The van der Waals surface area contributed by atoms with Crippen LogP contribution in [0.4, 0.5) is 5.69 Å². The van der Waals surface area contributed by atoms with Gasteiger partial charge >= 0.3 is 0 Å². The van der Waals surface area contributed by atoms with Gasteiger partial charge in [0.2, 0.25) is 5.91 Å². The smallest absolute Gasteiger partial charge is 0.228 e. The second-order valence-electron chi connectivity index (χ2n) is 6.40. The molecule has 0 saturated heterocycles. The quantitative estimate of drug-likeness (QED) is 0.910. The molecule has 4 atom stereocenters. The first-order chi connectivity index (χ1) is 10.5. The normalized spacial score (nSPS) is 29.4. The molecule has 1 aromatic carbocycles. The lowest BCUT2D eigenvalue weighted by Gasteiger charge is -2.30. The number of fused-ring (bicyclic) bond motifs is 2. The highest BCUT2D eigenvalue weighted by molar-refractivity contribution is 5.97. The van der Waals surface area contributed by atoms with Gasteiger partial charge in [-0.15, -0.1) is 0 Å². The molecule has 1 amide bonds. The second kappa shape index (κ2) is 5.63. The number of hydrogen-bond donors (Lipinski definition) is 1. The predicted octanol–water partition coefficient (Wildman–Crippen LogP) is 1.35. The first-order valence-corrected chi connectivity index (χ1v) is 7.67. The Balaban J connectivity index is 1.82. The monoisotopic (exact) mass is 302 g/mol. The number of amides is 1. The maximum Gasteiger partial charge on any atom is 0.228 e. The zero-order chi connectivity index (χ0) is 15.9. The van der Waals surface area contributed by atoms with Crippen molar-refractivity contribution < 1.29 is 19.4 Å². The summed E-state index contributed by atoms with van der Waals surface area (Å²) < 4.78 is 5.26. The Kier molecular flexibility index (Phi) is 3.81. The van der Waals surface area contributed by atoms with Crippen LogP contribution in [0.2, 0.25) is 0 Å². The van der Waals surface area contributed by atoms with E-state index in [9.17, 15) is 14.7 Å². The number of anilines is 1. The number of aryl methyl sites for hydroxylation is 1. The van der Waals surface area contributed by atoms with Gasteiger partial charge in [0.25, 0.3) is 0 Å². The number of hydrogen-bond acceptors (Lipinski definition) is 4. The summed E-state index contributed by atoms with van der Waals surface area (Å²) in [5.74, 6) is -1.65. The van der Waals surface area contributed by atoms with Gasteiger partial charge in [-0.2, -0.15) is 0 Å². The van der Waals surface area contributed by atoms with Crippen molar-refractivity contribution >= 4 is 17.6 Å². The Morgan fingerprint density at radius 3 is 2.55 bits per heavy atom. The zero-order valence-electron chi connectivity index (χ0n) is 12.8. The highest BCUT2D eigenvalue weighted by atomic mass is 16.5. The first kappa shape index (κ1) is 14.9. The molecule has 1 aromatic rings. The van der Waals surface area contributed by atoms with Gasteiger partial charge in [-0.3, -0.25) is 4.79 Å². The van der Waals surface area contributed by atoms with Crippen LogP contribution in [0.15, 0.2) is 18.2 Å². The standard InChI is InChI=1S/C17H21NO4/c1-9-3-6-13(22-2)12(7-9)18-16(19)14-10-4-5-11(8-10)15(14)17(20)21/h3,6-7,10-11,14-15H,4-5,8H2,1-2H3,(H,18,19)(H,20,21)/p-1/t10-,11-,14-,15-/m0/s1. The molecule has 0 aromatic heterocycles. The number of carbonyl (C=O) groups excluding carboxylic acids is 2. The Morgan fingerprint density at radius 2 is 1.91 bits per heavy atom. The number of benzene rings is 1. The van der Waals surface area contributed by atoms with Crippen molar-refractivity contribution in [3.05, 3.63) is 23.8 Å². The predicted molar refractivity (Wildman–Crippen MR) is 79.2 cm³/mol. The molecule has 2 bridgehead atoms. The summed E-state index contributed by atoms with van der Waals surface area (Å²) in [7, 11) is 1.54. The molecule has 2 aliphatic rings. The van der Waals surface area contributed by atoms with E-state index in [-0.39, 0.29) is 17.7 Å². The number of rotatable bonds is 4. The van der Waals surface area contributed by atoms with E-state index in [0.717, 1.165) is 24.8 Å². The fourth-order valence-electron chi connectivity index (χ4n) is 4.14. The van der Waals surface area contributed by atoms with Crippen molar-refractivity contribution in [3.8, 4) is 5.75 Å². The third kappa shape index (κ3) is 2.45. The third-order valence-corrected chi connectivity index (χ3v) is 5.10. The molecule has 5 heteroatoms. The lowest BCUT2D eigenvalue weighted by atomic mass is 9.78. The number of nitrogens with one attached hydrogen (secondary N) is 1. The van der Waals surface area contributed by atoms with Gasteiger partial charge in [0.05, 0.1) is 12.8 Å². The van der Waals surface area contributed by atoms with Crippen LogP contribution in [0.5, 0.6) is 5.75 Å². The Labute approximate surface area is 129 Å². The summed E-state index contributed by atoms with van der Waals surface area (Å²) in [4.78, 5) is 24.1. The van der Waals surface area contributed by atoms with Gasteiger partial charge in [-0.05, 0) is 55.7 Å². The van der Waals surface area contributed by atoms with Gasteiger partial charge in [-0.1, -0.05) is 6.07 Å². The summed E-state index contributed by atoms with van der Waals surface area (Å²) in [5.41, 5.74) is 1.59. The van der Waals surface area contributed by atoms with E-state index >= 15 is 0 Å². The van der Waals surface area contributed by atoms with Crippen LogP contribution in [-0.2, 0) is 9.59 Å². The molecule has 22 heavy (non-hydrogen) atoms. The average molecular weight is 302 g/mol. The van der Waals surface area contributed by atoms with Crippen molar-refractivity contribution in [3.63, 3.8) is 0 Å². The van der Waals surface area contributed by atoms with Crippen molar-refractivity contribution in [2.45, 2.75) is 26.2 Å². The maximum atomic E-state index is 12.6. The summed E-state index contributed by atoms with van der Waals surface area (Å²) in [6, 6.07) is 5.52.